The molecule has 4 rings (SSSR count). The second-order valence-corrected chi connectivity index (χ2v) is 8.31. The number of hydrogen-bond donors (Lipinski definition) is 5. The Hall–Kier alpha value is -4.24. The van der Waals surface area contributed by atoms with Crippen molar-refractivity contribution in [2.75, 3.05) is 13.2 Å². The maximum atomic E-state index is 14.3. The molecule has 36 heavy (non-hydrogen) atoms. The molecule has 1 saturated heterocycles. The van der Waals surface area contributed by atoms with Gasteiger partial charge in [0.15, 0.2) is 5.82 Å². The highest BCUT2D eigenvalue weighted by Crippen LogP contribution is 2.30. The predicted octanol–water partition coefficient (Wildman–Crippen LogP) is 1.94. The first-order valence-corrected chi connectivity index (χ1v) is 11.0. The van der Waals surface area contributed by atoms with Crippen molar-refractivity contribution in [3.8, 4) is 6.07 Å². The van der Waals surface area contributed by atoms with Crippen LogP contribution in [0.2, 0.25) is 5.02 Å². The molecule has 1 unspecified atom stereocenters. The summed E-state index contributed by atoms with van der Waals surface area (Å²) in [5, 5.41) is 32.9. The lowest BCUT2D eigenvalue weighted by atomic mass is 10.0. The Balaban J connectivity index is 1.72. The van der Waals surface area contributed by atoms with Crippen molar-refractivity contribution in [3.63, 3.8) is 0 Å². The van der Waals surface area contributed by atoms with Crippen LogP contribution in [0.5, 0.6) is 0 Å². The first kappa shape index (κ1) is 24.9. The molecular formula is C24H19ClFN5O5. The number of amides is 4. The number of aliphatic hydroxyl groups excluding tert-OH is 2. The maximum Gasteiger partial charge on any atom is 0.330 e. The fraction of sp³-hybridized carbons (Fsp3) is 0.167. The molecule has 1 aromatic heterocycles. The van der Waals surface area contributed by atoms with E-state index in [2.05, 4.69) is 15.6 Å². The summed E-state index contributed by atoms with van der Waals surface area (Å²) in [5.74, 6) is -2.33. The van der Waals surface area contributed by atoms with E-state index in [-0.39, 0.29) is 21.8 Å². The summed E-state index contributed by atoms with van der Waals surface area (Å²) in [6, 6.07) is 7.15. The Kier molecular flexibility index (Phi) is 7.03. The molecule has 184 valence electrons. The van der Waals surface area contributed by atoms with Crippen LogP contribution in [-0.4, -0.2) is 57.2 Å². The van der Waals surface area contributed by atoms with E-state index in [9.17, 15) is 29.0 Å². The Morgan fingerprint density at radius 2 is 1.89 bits per heavy atom. The zero-order valence-corrected chi connectivity index (χ0v) is 19.2. The van der Waals surface area contributed by atoms with Crippen molar-refractivity contribution >= 4 is 46.4 Å². The molecule has 1 atom stereocenters. The molecule has 2 aromatic carbocycles. The maximum absolute atomic E-state index is 14.3. The number of carbonyl (C=O) groups excluding carboxylic acids is 3. The van der Waals surface area contributed by atoms with E-state index in [1.165, 1.54) is 42.6 Å². The van der Waals surface area contributed by atoms with Gasteiger partial charge in [-0.15, -0.1) is 0 Å². The van der Waals surface area contributed by atoms with E-state index in [1.807, 2.05) is 6.07 Å². The molecule has 1 aliphatic rings. The highest BCUT2D eigenvalue weighted by atomic mass is 35.5. The Labute approximate surface area is 208 Å². The number of nitriles is 1. The molecule has 5 N–H and O–H groups in total. The zero-order chi connectivity index (χ0) is 26.0. The van der Waals surface area contributed by atoms with E-state index >= 15 is 0 Å². The summed E-state index contributed by atoms with van der Waals surface area (Å²) < 4.78 is 14.3. The average molecular weight is 512 g/mol. The van der Waals surface area contributed by atoms with Crippen LogP contribution in [0, 0.1) is 17.1 Å². The van der Waals surface area contributed by atoms with Crippen molar-refractivity contribution < 1.29 is 29.0 Å². The van der Waals surface area contributed by atoms with E-state index < -0.39 is 49.0 Å². The van der Waals surface area contributed by atoms with Gasteiger partial charge in [0.2, 0.25) is 5.91 Å². The third-order valence-corrected chi connectivity index (χ3v) is 5.93. The van der Waals surface area contributed by atoms with Crippen LogP contribution >= 0.6 is 11.6 Å². The number of aliphatic hydroxyl groups is 2. The summed E-state index contributed by atoms with van der Waals surface area (Å²) in [6.45, 7) is -1.15. The Bertz CT molecular complexity index is 1430. The van der Waals surface area contributed by atoms with Gasteiger partial charge >= 0.3 is 6.03 Å². The highest BCUT2D eigenvalue weighted by molar-refractivity contribution is 6.31. The molecule has 1 aliphatic heterocycles. The second kappa shape index (κ2) is 10.2. The third-order valence-electron chi connectivity index (χ3n) is 5.64. The van der Waals surface area contributed by atoms with Gasteiger partial charge in [0.1, 0.15) is 11.7 Å². The normalized spacial score (nSPS) is 15.4. The van der Waals surface area contributed by atoms with Gasteiger partial charge in [0, 0.05) is 17.1 Å². The van der Waals surface area contributed by atoms with Crippen molar-refractivity contribution in [1.82, 2.24) is 20.5 Å². The Morgan fingerprint density at radius 3 is 2.53 bits per heavy atom. The van der Waals surface area contributed by atoms with Crippen LogP contribution in [-0.2, 0) is 9.59 Å². The van der Waals surface area contributed by atoms with Crippen LogP contribution < -0.4 is 10.6 Å². The van der Waals surface area contributed by atoms with Gasteiger partial charge in [-0.3, -0.25) is 9.59 Å². The second-order valence-electron chi connectivity index (χ2n) is 7.90. The molecule has 3 aromatic rings. The van der Waals surface area contributed by atoms with E-state index in [0.29, 0.717) is 21.4 Å². The number of imide groups is 1. The molecule has 0 saturated carbocycles. The molecule has 1 fully saturated rings. The molecule has 4 amide bonds. The van der Waals surface area contributed by atoms with Gasteiger partial charge in [0.25, 0.3) is 5.91 Å². The smallest absolute Gasteiger partial charge is 0.330 e. The van der Waals surface area contributed by atoms with Crippen LogP contribution in [0.1, 0.15) is 22.7 Å². The average Bonchev–Trinajstić information content (AvgIpc) is 3.41. The number of rotatable bonds is 7. The summed E-state index contributed by atoms with van der Waals surface area (Å²) in [7, 11) is 0. The number of carbonyl (C=O) groups is 3. The molecule has 0 spiro atoms. The lowest BCUT2D eigenvalue weighted by molar-refractivity contribution is -0.134. The first-order valence-electron chi connectivity index (χ1n) is 10.6. The monoisotopic (exact) mass is 511 g/mol. The zero-order valence-electron chi connectivity index (χ0n) is 18.5. The minimum atomic E-state index is -1.48. The summed E-state index contributed by atoms with van der Waals surface area (Å²) >= 11 is 5.81. The number of nitrogens with zero attached hydrogens (tertiary/aromatic N) is 2. The molecule has 0 aliphatic carbocycles. The number of fused-ring (bicyclic) bond motifs is 1. The number of nitrogens with one attached hydrogen (secondary N) is 3. The van der Waals surface area contributed by atoms with E-state index in [4.69, 9.17) is 16.9 Å². The van der Waals surface area contributed by atoms with Crippen LogP contribution in [0.15, 0.2) is 48.3 Å². The number of aromatic amines is 1. The Morgan fingerprint density at radius 1 is 1.19 bits per heavy atom. The van der Waals surface area contributed by atoms with Crippen LogP contribution in [0.25, 0.3) is 17.0 Å². The number of H-pyrrole nitrogens is 1. The van der Waals surface area contributed by atoms with Gasteiger partial charge in [-0.05, 0) is 29.8 Å². The van der Waals surface area contributed by atoms with Gasteiger partial charge < -0.3 is 25.8 Å². The van der Waals surface area contributed by atoms with Gasteiger partial charge in [-0.1, -0.05) is 29.8 Å². The fourth-order valence-corrected chi connectivity index (χ4v) is 3.96. The highest BCUT2D eigenvalue weighted by Gasteiger charge is 2.43. The molecular weight excluding hydrogens is 493 g/mol. The molecule has 0 radical (unpaired) electrons. The SMILES string of the molecule is N#Cc1ccc(C(C(=O)NC(CO)CO)N2C(=O)N/C(=C\c3c[nH]c4c(F)c(Cl)ccc34)C2=O)cc1. The predicted molar refractivity (Wildman–Crippen MR) is 127 cm³/mol. The van der Waals surface area contributed by atoms with Crippen molar-refractivity contribution in [2.24, 2.45) is 0 Å². The van der Waals surface area contributed by atoms with Crippen LogP contribution in [0.3, 0.4) is 0 Å². The number of halogens is 2. The molecule has 2 heterocycles. The number of hydrogen-bond acceptors (Lipinski definition) is 6. The van der Waals surface area contributed by atoms with Crippen molar-refractivity contribution in [1.29, 1.82) is 5.26 Å². The van der Waals surface area contributed by atoms with Crippen LogP contribution in [0.4, 0.5) is 9.18 Å². The van der Waals surface area contributed by atoms with Gasteiger partial charge in [-0.25, -0.2) is 14.1 Å². The van der Waals surface area contributed by atoms with Gasteiger partial charge in [-0.2, -0.15) is 5.26 Å². The summed E-state index contributed by atoms with van der Waals surface area (Å²) in [6.07, 6.45) is 2.78. The summed E-state index contributed by atoms with van der Waals surface area (Å²) in [5.41, 5.74) is 0.868. The minimum absolute atomic E-state index is 0.0830. The quantitative estimate of drug-likeness (QED) is 0.241. The lowest BCUT2D eigenvalue weighted by Crippen LogP contribution is -2.48. The summed E-state index contributed by atoms with van der Waals surface area (Å²) in [4.78, 5) is 42.8. The minimum Gasteiger partial charge on any atom is -0.394 e. The lowest BCUT2D eigenvalue weighted by Gasteiger charge is -2.26. The molecule has 0 bridgehead atoms. The first-order chi connectivity index (χ1) is 17.3. The van der Waals surface area contributed by atoms with E-state index in [1.54, 1.807) is 6.07 Å². The topological polar surface area (TPSA) is 159 Å². The third kappa shape index (κ3) is 4.52. The standard InChI is InChI=1S/C24H19ClFN5O5/c25-17-6-5-16-14(9-28-20(16)19(17)26)7-18-23(35)31(24(36)30-18)21(22(34)29-15(10-32)11-33)13-3-1-12(8-27)2-4-13/h1-7,9,15,21,28,32-33H,10-11H2,(H,29,34)(H,30,36)/b18-7-. The largest absolute Gasteiger partial charge is 0.394 e. The number of aromatic nitrogens is 1. The molecule has 12 heteroatoms. The number of benzene rings is 2. The van der Waals surface area contributed by atoms with Gasteiger partial charge in [0.05, 0.1) is 41.4 Å². The fourth-order valence-electron chi connectivity index (χ4n) is 3.80. The number of urea groups is 1. The van der Waals surface area contributed by atoms with Crippen molar-refractivity contribution in [2.45, 2.75) is 12.1 Å². The van der Waals surface area contributed by atoms with E-state index in [0.717, 1.165) is 0 Å². The molecule has 10 nitrogen and oxygen atoms in total. The van der Waals surface area contributed by atoms with Crippen molar-refractivity contribution in [3.05, 3.63) is 75.8 Å².